The first-order valence-electron chi connectivity index (χ1n) is 42.2. The summed E-state index contributed by atoms with van der Waals surface area (Å²) in [6.07, 6.45) is 3.72. The molecule has 0 radical (unpaired) electrons. The van der Waals surface area contributed by atoms with E-state index in [-0.39, 0.29) is 23.3 Å². The van der Waals surface area contributed by atoms with Gasteiger partial charge in [0.15, 0.2) is 0 Å². The van der Waals surface area contributed by atoms with Gasteiger partial charge in [-0.05, 0) is 317 Å². The van der Waals surface area contributed by atoms with Gasteiger partial charge in [0.1, 0.15) is 23.3 Å². The molecule has 0 aliphatic heterocycles. The van der Waals surface area contributed by atoms with E-state index < -0.39 is 16.2 Å². The average molecular weight is 1620 g/mol. The van der Waals surface area contributed by atoms with Crippen LogP contribution in [0, 0.1) is 23.3 Å². The van der Waals surface area contributed by atoms with Gasteiger partial charge in [0.2, 0.25) is 0 Å². The maximum absolute atomic E-state index is 15.0. The van der Waals surface area contributed by atoms with Crippen LogP contribution in [-0.4, -0.2) is 0 Å². The third kappa shape index (κ3) is 13.1. The number of para-hydroxylation sites is 2. The molecule has 125 heavy (non-hydrogen) atoms. The molecule has 4 nitrogen and oxygen atoms in total. The van der Waals surface area contributed by atoms with Crippen molar-refractivity contribution in [2.45, 2.75) is 30.1 Å². The van der Waals surface area contributed by atoms with Gasteiger partial charge in [-0.2, -0.15) is 0 Å². The summed E-state index contributed by atoms with van der Waals surface area (Å²) in [5.74, 6) is -1.22. The molecule has 21 rings (SSSR count). The topological polar surface area (TPSA) is 13.0 Å². The van der Waals surface area contributed by atoms with Crippen LogP contribution in [0.1, 0.15) is 80.6 Å². The van der Waals surface area contributed by atoms with E-state index in [0.717, 1.165) is 191 Å². The molecule has 0 saturated heterocycles. The number of rotatable bonds is 20. The van der Waals surface area contributed by atoms with Crippen LogP contribution in [0.25, 0.3) is 67.8 Å². The fourth-order valence-electron chi connectivity index (χ4n) is 19.9. The molecule has 0 saturated carbocycles. The Balaban J connectivity index is 0.572. The lowest BCUT2D eigenvalue weighted by atomic mass is 9.67. The number of hydrogen-bond acceptors (Lipinski definition) is 4. The highest BCUT2D eigenvalue weighted by atomic mass is 19.1. The van der Waals surface area contributed by atoms with Gasteiger partial charge in [-0.1, -0.05) is 270 Å². The van der Waals surface area contributed by atoms with Gasteiger partial charge in [-0.15, -0.1) is 0 Å². The summed E-state index contributed by atoms with van der Waals surface area (Å²) >= 11 is 0. The fourth-order valence-corrected chi connectivity index (χ4v) is 19.9. The van der Waals surface area contributed by atoms with E-state index in [0.29, 0.717) is 0 Å². The summed E-state index contributed by atoms with van der Waals surface area (Å²) in [6.45, 7) is 12.7. The van der Waals surface area contributed by atoms with E-state index in [1.807, 2.05) is 72.8 Å². The van der Waals surface area contributed by atoms with Crippen molar-refractivity contribution >= 4 is 80.4 Å². The Hall–Kier alpha value is -15.6. The normalized spacial score (nSPS) is 14.7. The smallest absolute Gasteiger partial charge is 0.123 e. The zero-order chi connectivity index (χ0) is 84.7. The molecular weight excluding hydrogens is 1540 g/mol. The second-order valence-corrected chi connectivity index (χ2v) is 33.0. The molecule has 0 fully saturated rings. The molecule has 3 aliphatic carbocycles. The van der Waals surface area contributed by atoms with E-state index in [4.69, 9.17) is 0 Å². The summed E-state index contributed by atoms with van der Waals surface area (Å²) in [7, 11) is 0. The first-order valence-corrected chi connectivity index (χ1v) is 42.2. The van der Waals surface area contributed by atoms with Crippen molar-refractivity contribution in [2.24, 2.45) is 0 Å². The summed E-state index contributed by atoms with van der Waals surface area (Å²) in [4.78, 5) is 8.99. The lowest BCUT2D eigenvalue weighted by Gasteiger charge is -2.35. The molecule has 2 atom stereocenters. The molecule has 18 aromatic carbocycles. The monoisotopic (exact) mass is 1620 g/mol. The highest BCUT2D eigenvalue weighted by molar-refractivity contribution is 5.94. The SMILES string of the molecule is C=Cc1ccc(C2(c3ccc(F)cc3)c3ccccc3-c3ccc(N(c4ccccc4)c4ccc(-c5ccc(N(c6ccc(F)cc6)c6ccc7c(c6)C(C)(C)c6cc(N(c8ccc(F)cc8)c8ccc(-c9ccc(N(c%10ccccc%10)c%10ccc%11c(c%10)C(c%10ccc(F)cc%10)(c%10ccc(C=C)cc%10)c%10ccccc%10-%11)cc9)cc8)ccc6-7)cc5)cc4)cc32)cc1. The Kier molecular flexibility index (Phi) is 19.1. The molecular formula is C117H82F4N4. The number of benzene rings is 18. The zero-order valence-electron chi connectivity index (χ0n) is 68.8. The standard InChI is InChI=1S/C117H82F4N4/c1-5-77-25-37-83(38-26-77)116(85-41-45-87(118)46-42-85)109-23-15-13-21-103(109)107-71-67-101(75-113(107)116)122(91-17-9-7-10-18-91)93-53-29-79(30-54-93)81-33-57-95(58-34-81)124(97-61-49-89(120)50-62-97)99-65-69-105-106-70-66-100(74-112(106)115(3,4)111(105)73-99)125(98-63-51-90(121)52-64-98)96-59-35-82(36-60-96)80-31-55-94(56-32-80)123(92-19-11-8-12-20-92)102-68-72-108-104-22-14-16-24-110(104)117(114(108)76-102,86-43-47-88(119)48-44-86)84-39-27-78(6-2)28-40-84/h5-76H,1-2H2,3-4H3. The molecule has 0 spiro atoms. The number of hydrogen-bond donors (Lipinski definition) is 0. The Morgan fingerprint density at radius 3 is 0.688 bits per heavy atom. The quantitative estimate of drug-likeness (QED) is 0.0705. The molecule has 8 heteroatoms. The van der Waals surface area contributed by atoms with Crippen LogP contribution in [0.4, 0.5) is 85.8 Å². The van der Waals surface area contributed by atoms with E-state index in [1.54, 1.807) is 24.3 Å². The van der Waals surface area contributed by atoms with Crippen LogP contribution in [0.5, 0.6) is 0 Å². The summed E-state index contributed by atoms with van der Waals surface area (Å²) in [5, 5.41) is 0. The minimum Gasteiger partial charge on any atom is -0.310 e. The molecule has 0 heterocycles. The van der Waals surface area contributed by atoms with Crippen LogP contribution in [0.15, 0.2) is 438 Å². The van der Waals surface area contributed by atoms with Crippen molar-refractivity contribution in [2.75, 3.05) is 19.6 Å². The summed E-state index contributed by atoms with van der Waals surface area (Å²) in [6, 6.07) is 144. The summed E-state index contributed by atoms with van der Waals surface area (Å²) in [5.41, 5.74) is 32.9. The van der Waals surface area contributed by atoms with Crippen molar-refractivity contribution < 1.29 is 17.6 Å². The molecule has 0 aromatic heterocycles. The lowest BCUT2D eigenvalue weighted by Crippen LogP contribution is -2.29. The first kappa shape index (κ1) is 76.7. The van der Waals surface area contributed by atoms with Crippen LogP contribution in [0.2, 0.25) is 0 Å². The van der Waals surface area contributed by atoms with Gasteiger partial charge in [-0.3, -0.25) is 0 Å². The van der Waals surface area contributed by atoms with Crippen LogP contribution in [-0.2, 0) is 16.2 Å². The molecule has 0 N–H and O–H groups in total. The van der Waals surface area contributed by atoms with Crippen molar-refractivity contribution in [3.63, 3.8) is 0 Å². The Bertz CT molecular complexity index is 6710. The largest absolute Gasteiger partial charge is 0.310 e. The number of halogens is 4. The van der Waals surface area contributed by atoms with Crippen LogP contribution in [0.3, 0.4) is 0 Å². The molecule has 2 unspecified atom stereocenters. The third-order valence-corrected chi connectivity index (χ3v) is 25.8. The Morgan fingerprint density at radius 1 is 0.200 bits per heavy atom. The molecule has 598 valence electrons. The van der Waals surface area contributed by atoms with Crippen molar-refractivity contribution in [1.82, 2.24) is 0 Å². The Labute approximate surface area is 726 Å². The van der Waals surface area contributed by atoms with Gasteiger partial charge < -0.3 is 19.6 Å². The fraction of sp³-hybridized carbons (Fsp3) is 0.0427. The summed E-state index contributed by atoms with van der Waals surface area (Å²) < 4.78 is 60.0. The van der Waals surface area contributed by atoms with Gasteiger partial charge in [0.05, 0.1) is 10.8 Å². The van der Waals surface area contributed by atoms with Gasteiger partial charge in [0.25, 0.3) is 0 Å². The second kappa shape index (κ2) is 31.1. The second-order valence-electron chi connectivity index (χ2n) is 33.0. The van der Waals surface area contributed by atoms with Gasteiger partial charge in [-0.25, -0.2) is 17.6 Å². The first-order chi connectivity index (χ1) is 61.2. The molecule has 0 bridgehead atoms. The average Bonchev–Trinajstić information content (AvgIpc) is 1.54. The van der Waals surface area contributed by atoms with E-state index >= 15 is 8.78 Å². The Morgan fingerprint density at radius 2 is 0.408 bits per heavy atom. The number of nitrogens with zero attached hydrogens (tertiary/aromatic N) is 4. The van der Waals surface area contributed by atoms with E-state index in [2.05, 4.69) is 362 Å². The van der Waals surface area contributed by atoms with Gasteiger partial charge in [0, 0.05) is 73.7 Å². The molecule has 0 amide bonds. The minimum absolute atomic E-state index is 0.289. The predicted octanol–water partition coefficient (Wildman–Crippen LogP) is 31.8. The van der Waals surface area contributed by atoms with Crippen molar-refractivity contribution in [1.29, 1.82) is 0 Å². The molecule has 18 aromatic rings. The third-order valence-electron chi connectivity index (χ3n) is 25.8. The van der Waals surface area contributed by atoms with E-state index in [1.165, 1.54) is 24.3 Å². The minimum atomic E-state index is -0.768. The maximum atomic E-state index is 15.0. The number of anilines is 12. The van der Waals surface area contributed by atoms with Crippen molar-refractivity contribution in [3.8, 4) is 55.6 Å². The zero-order valence-corrected chi connectivity index (χ0v) is 68.8. The van der Waals surface area contributed by atoms with Crippen LogP contribution < -0.4 is 19.6 Å². The number of fused-ring (bicyclic) bond motifs is 9. The van der Waals surface area contributed by atoms with Crippen molar-refractivity contribution in [3.05, 3.63) is 528 Å². The lowest BCUT2D eigenvalue weighted by molar-refractivity contribution is 0.624. The maximum Gasteiger partial charge on any atom is 0.123 e. The van der Waals surface area contributed by atoms with Crippen LogP contribution >= 0.6 is 0 Å². The van der Waals surface area contributed by atoms with Gasteiger partial charge >= 0.3 is 0 Å². The predicted molar refractivity (Wildman–Crippen MR) is 508 cm³/mol. The highest BCUT2D eigenvalue weighted by Gasteiger charge is 2.49. The van der Waals surface area contributed by atoms with E-state index in [9.17, 15) is 8.78 Å². The highest BCUT2D eigenvalue weighted by Crippen LogP contribution is 2.61. The molecule has 3 aliphatic rings.